The van der Waals surface area contributed by atoms with Crippen LogP contribution in [0.15, 0.2) is 53.0 Å². The molecule has 6 heteroatoms. The maximum atomic E-state index is 9.68. The normalized spacial score (nSPS) is 10.2. The molecule has 1 heterocycles. The van der Waals surface area contributed by atoms with Gasteiger partial charge in [0, 0.05) is 15.6 Å². The number of hydrogen-bond donors (Lipinski definition) is 0. The average molecular weight is 425 g/mol. The van der Waals surface area contributed by atoms with E-state index in [0.717, 1.165) is 15.6 Å². The first-order valence-electron chi connectivity index (χ1n) is 8.08. The lowest BCUT2D eigenvalue weighted by Crippen LogP contribution is -1.98. The number of benzene rings is 2. The minimum atomic E-state index is 0.280. The molecule has 136 valence electrons. The molecule has 0 aliphatic carbocycles. The number of hydrogen-bond acceptors (Lipinski definition) is 5. The van der Waals surface area contributed by atoms with Crippen LogP contribution in [0.4, 0.5) is 0 Å². The van der Waals surface area contributed by atoms with Gasteiger partial charge in [-0.3, -0.25) is 0 Å². The van der Waals surface area contributed by atoms with Gasteiger partial charge in [-0.2, -0.15) is 5.26 Å². The lowest BCUT2D eigenvalue weighted by Gasteiger charge is -2.14. The molecule has 27 heavy (non-hydrogen) atoms. The van der Waals surface area contributed by atoms with Crippen molar-refractivity contribution in [1.82, 2.24) is 4.98 Å². The van der Waals surface area contributed by atoms with Crippen LogP contribution in [0.3, 0.4) is 0 Å². The summed E-state index contributed by atoms with van der Waals surface area (Å²) in [6.07, 6.45) is 0. The van der Waals surface area contributed by atoms with Crippen LogP contribution >= 0.6 is 15.9 Å². The van der Waals surface area contributed by atoms with Crippen LogP contribution < -0.4 is 14.2 Å². The number of ether oxygens (including phenoxy) is 3. The highest BCUT2D eigenvalue weighted by Crippen LogP contribution is 2.37. The average Bonchev–Trinajstić information content (AvgIpc) is 2.72. The Balaban J connectivity index is 2.23. The quantitative estimate of drug-likeness (QED) is 0.571. The molecular formula is C21H17BrN2O3. The third kappa shape index (κ3) is 3.74. The summed E-state index contributed by atoms with van der Waals surface area (Å²) in [6.45, 7) is 0. The van der Waals surface area contributed by atoms with E-state index in [1.807, 2.05) is 48.5 Å². The molecule has 0 amide bonds. The smallest absolute Gasteiger partial charge is 0.232 e. The first-order chi connectivity index (χ1) is 13.1. The molecule has 1 aromatic heterocycles. The summed E-state index contributed by atoms with van der Waals surface area (Å²) < 4.78 is 17.1. The number of aromatic nitrogens is 1. The number of pyridine rings is 1. The van der Waals surface area contributed by atoms with Crippen molar-refractivity contribution in [1.29, 1.82) is 5.26 Å². The lowest BCUT2D eigenvalue weighted by atomic mass is 9.98. The van der Waals surface area contributed by atoms with Crippen molar-refractivity contribution in [2.75, 3.05) is 21.3 Å². The molecule has 0 radical (unpaired) electrons. The molecule has 0 aliphatic rings. The Hall–Kier alpha value is -3.04. The van der Waals surface area contributed by atoms with Gasteiger partial charge >= 0.3 is 0 Å². The molecule has 0 atom stereocenters. The highest BCUT2D eigenvalue weighted by atomic mass is 79.9. The Morgan fingerprint density at radius 1 is 0.852 bits per heavy atom. The van der Waals surface area contributed by atoms with Gasteiger partial charge < -0.3 is 14.2 Å². The zero-order chi connectivity index (χ0) is 19.4. The number of nitrogens with zero attached hydrogens (tertiary/aromatic N) is 2. The number of rotatable bonds is 5. The third-order valence-electron chi connectivity index (χ3n) is 4.13. The molecule has 2 aromatic carbocycles. The van der Waals surface area contributed by atoms with E-state index in [4.69, 9.17) is 14.2 Å². The van der Waals surface area contributed by atoms with E-state index in [-0.39, 0.29) is 5.88 Å². The van der Waals surface area contributed by atoms with Crippen molar-refractivity contribution < 1.29 is 14.2 Å². The number of nitriles is 1. The summed E-state index contributed by atoms with van der Waals surface area (Å²) in [6, 6.07) is 17.4. The zero-order valence-corrected chi connectivity index (χ0v) is 16.7. The molecule has 5 nitrogen and oxygen atoms in total. The van der Waals surface area contributed by atoms with Gasteiger partial charge in [-0.1, -0.05) is 34.1 Å². The van der Waals surface area contributed by atoms with Crippen molar-refractivity contribution in [2.24, 2.45) is 0 Å². The summed E-state index contributed by atoms with van der Waals surface area (Å²) in [5.41, 5.74) is 3.52. The van der Waals surface area contributed by atoms with Gasteiger partial charge in [-0.15, -0.1) is 0 Å². The van der Waals surface area contributed by atoms with Crippen LogP contribution in [0.1, 0.15) is 5.56 Å². The molecule has 0 spiro atoms. The van der Waals surface area contributed by atoms with Gasteiger partial charge in [0.05, 0.1) is 27.0 Å². The Morgan fingerprint density at radius 3 is 2.11 bits per heavy atom. The summed E-state index contributed by atoms with van der Waals surface area (Å²) in [4.78, 5) is 4.51. The molecule has 0 saturated carbocycles. The van der Waals surface area contributed by atoms with Crippen molar-refractivity contribution in [3.05, 3.63) is 58.6 Å². The SMILES string of the molecule is COc1ccc(-c2cc(-c3ccc(Br)cc3)nc(OC)c2C#N)cc1OC. The Labute approximate surface area is 166 Å². The van der Waals surface area contributed by atoms with Crippen LogP contribution in [-0.4, -0.2) is 26.3 Å². The predicted molar refractivity (Wildman–Crippen MR) is 107 cm³/mol. The summed E-state index contributed by atoms with van der Waals surface area (Å²) in [5.74, 6) is 1.48. The molecular weight excluding hydrogens is 408 g/mol. The fourth-order valence-corrected chi connectivity index (χ4v) is 3.04. The van der Waals surface area contributed by atoms with E-state index in [0.29, 0.717) is 28.3 Å². The molecule has 0 N–H and O–H groups in total. The fourth-order valence-electron chi connectivity index (χ4n) is 2.78. The number of methoxy groups -OCH3 is 3. The van der Waals surface area contributed by atoms with E-state index in [1.54, 1.807) is 14.2 Å². The molecule has 0 saturated heterocycles. The Bertz CT molecular complexity index is 1010. The van der Waals surface area contributed by atoms with Crippen molar-refractivity contribution in [3.63, 3.8) is 0 Å². The largest absolute Gasteiger partial charge is 0.493 e. The van der Waals surface area contributed by atoms with Crippen LogP contribution in [0, 0.1) is 11.3 Å². The third-order valence-corrected chi connectivity index (χ3v) is 4.65. The van der Waals surface area contributed by atoms with Crippen LogP contribution in [-0.2, 0) is 0 Å². The minimum Gasteiger partial charge on any atom is -0.493 e. The van der Waals surface area contributed by atoms with E-state index >= 15 is 0 Å². The van der Waals surface area contributed by atoms with Gasteiger partial charge in [0.15, 0.2) is 11.5 Å². The Kier molecular flexibility index (Phi) is 5.63. The lowest BCUT2D eigenvalue weighted by molar-refractivity contribution is 0.355. The topological polar surface area (TPSA) is 64.4 Å². The van der Waals surface area contributed by atoms with Crippen molar-refractivity contribution in [3.8, 4) is 45.8 Å². The molecule has 0 aliphatic heterocycles. The van der Waals surface area contributed by atoms with E-state index in [2.05, 4.69) is 27.0 Å². The van der Waals surface area contributed by atoms with Gasteiger partial charge in [0.2, 0.25) is 5.88 Å². The Morgan fingerprint density at radius 2 is 1.52 bits per heavy atom. The summed E-state index contributed by atoms with van der Waals surface area (Å²) >= 11 is 3.44. The van der Waals surface area contributed by atoms with Gasteiger partial charge in [0.25, 0.3) is 0 Å². The number of halogens is 1. The zero-order valence-electron chi connectivity index (χ0n) is 15.1. The monoisotopic (exact) mass is 424 g/mol. The minimum absolute atomic E-state index is 0.280. The summed E-state index contributed by atoms with van der Waals surface area (Å²) in [7, 11) is 4.67. The first-order valence-corrected chi connectivity index (χ1v) is 8.88. The summed E-state index contributed by atoms with van der Waals surface area (Å²) in [5, 5.41) is 9.68. The molecule has 0 fully saturated rings. The van der Waals surface area contributed by atoms with Gasteiger partial charge in [-0.25, -0.2) is 4.98 Å². The predicted octanol–water partition coefficient (Wildman–Crippen LogP) is 5.08. The molecule has 0 bridgehead atoms. The van der Waals surface area contributed by atoms with E-state index < -0.39 is 0 Å². The van der Waals surface area contributed by atoms with Crippen LogP contribution in [0.5, 0.6) is 17.4 Å². The maximum absolute atomic E-state index is 9.68. The highest BCUT2D eigenvalue weighted by molar-refractivity contribution is 9.10. The van der Waals surface area contributed by atoms with Gasteiger partial charge in [-0.05, 0) is 35.9 Å². The van der Waals surface area contributed by atoms with Crippen LogP contribution in [0.25, 0.3) is 22.4 Å². The fraction of sp³-hybridized carbons (Fsp3) is 0.143. The standard InChI is InChI=1S/C21H17BrN2O3/c1-25-19-9-6-14(10-20(19)26-2)16-11-18(13-4-7-15(22)8-5-13)24-21(27-3)17(16)12-23/h4-11H,1-3H3. The van der Waals surface area contributed by atoms with Crippen molar-refractivity contribution >= 4 is 15.9 Å². The molecule has 3 rings (SSSR count). The molecule has 0 unspecified atom stereocenters. The maximum Gasteiger partial charge on any atom is 0.232 e. The van der Waals surface area contributed by atoms with Gasteiger partial charge in [0.1, 0.15) is 11.6 Å². The second-order valence-corrected chi connectivity index (χ2v) is 6.54. The highest BCUT2D eigenvalue weighted by Gasteiger charge is 2.17. The molecule has 3 aromatic rings. The van der Waals surface area contributed by atoms with E-state index in [1.165, 1.54) is 7.11 Å². The van der Waals surface area contributed by atoms with Crippen LogP contribution in [0.2, 0.25) is 0 Å². The van der Waals surface area contributed by atoms with E-state index in [9.17, 15) is 5.26 Å². The van der Waals surface area contributed by atoms with Crippen molar-refractivity contribution in [2.45, 2.75) is 0 Å². The second-order valence-electron chi connectivity index (χ2n) is 5.63. The second kappa shape index (κ2) is 8.11. The first kappa shape index (κ1) is 18.7.